The fraction of sp³-hybridized carbons (Fsp3) is 0.571. The number of likely N-dealkylation sites (tertiary alicyclic amines) is 1. The SMILES string of the molecule is CCc1nc2c(C)cc(C)nc2n1Cc1ccc(N[C@H]2CC[C@H](CN3CCCC3)CC2)cc1. The average Bonchev–Trinajstić information content (AvgIpc) is 3.45. The van der Waals surface area contributed by atoms with Crippen molar-refractivity contribution in [2.45, 2.75) is 78.3 Å². The van der Waals surface area contributed by atoms with Gasteiger partial charge in [0.05, 0.1) is 6.54 Å². The Morgan fingerprint density at radius 3 is 2.39 bits per heavy atom. The van der Waals surface area contributed by atoms with Gasteiger partial charge < -0.3 is 14.8 Å². The number of rotatable bonds is 7. The number of imidazole rings is 1. The Morgan fingerprint density at radius 1 is 0.970 bits per heavy atom. The molecule has 2 fully saturated rings. The summed E-state index contributed by atoms with van der Waals surface area (Å²) in [6.07, 6.45) is 9.04. The molecule has 0 spiro atoms. The molecule has 1 aliphatic heterocycles. The van der Waals surface area contributed by atoms with Gasteiger partial charge in [-0.25, -0.2) is 9.97 Å². The summed E-state index contributed by atoms with van der Waals surface area (Å²) in [5, 5.41) is 3.80. The lowest BCUT2D eigenvalue weighted by molar-refractivity contribution is 0.228. The number of hydrogen-bond donors (Lipinski definition) is 1. The second-order valence-electron chi connectivity index (χ2n) is 10.3. The molecule has 2 aromatic heterocycles. The molecule has 5 heteroatoms. The zero-order chi connectivity index (χ0) is 22.8. The quantitative estimate of drug-likeness (QED) is 0.505. The fourth-order valence-corrected chi connectivity index (χ4v) is 5.83. The van der Waals surface area contributed by atoms with Crippen molar-refractivity contribution >= 4 is 16.9 Å². The smallest absolute Gasteiger partial charge is 0.160 e. The van der Waals surface area contributed by atoms with Crippen molar-refractivity contribution in [2.24, 2.45) is 5.92 Å². The van der Waals surface area contributed by atoms with E-state index in [-0.39, 0.29) is 0 Å². The second-order valence-corrected chi connectivity index (χ2v) is 10.3. The highest BCUT2D eigenvalue weighted by molar-refractivity contribution is 5.76. The van der Waals surface area contributed by atoms with Gasteiger partial charge in [0, 0.05) is 30.4 Å². The summed E-state index contributed by atoms with van der Waals surface area (Å²) in [5.41, 5.74) is 6.86. The third kappa shape index (κ3) is 5.08. The minimum absolute atomic E-state index is 0.616. The summed E-state index contributed by atoms with van der Waals surface area (Å²) >= 11 is 0. The summed E-state index contributed by atoms with van der Waals surface area (Å²) in [7, 11) is 0. The van der Waals surface area contributed by atoms with Crippen molar-refractivity contribution in [3.05, 3.63) is 53.0 Å². The third-order valence-electron chi connectivity index (χ3n) is 7.64. The lowest BCUT2D eigenvalue weighted by Crippen LogP contribution is -2.32. The van der Waals surface area contributed by atoms with Crippen LogP contribution in [-0.4, -0.2) is 45.1 Å². The number of nitrogens with zero attached hydrogens (tertiary/aromatic N) is 4. The Labute approximate surface area is 198 Å². The van der Waals surface area contributed by atoms with Crippen LogP contribution in [0, 0.1) is 19.8 Å². The first-order chi connectivity index (χ1) is 16.1. The highest BCUT2D eigenvalue weighted by Gasteiger charge is 2.24. The van der Waals surface area contributed by atoms with Gasteiger partial charge in [-0.05, 0) is 101 Å². The third-order valence-corrected chi connectivity index (χ3v) is 7.64. The standard InChI is InChI=1S/C28H39N5/c1-4-26-31-27-20(2)17-21(3)29-28(27)33(26)19-23-9-13-25(14-10-23)30-24-11-7-22(8-12-24)18-32-15-5-6-16-32/h9-10,13-14,17,22,24,30H,4-8,11-12,15-16,18-19H2,1-3H3/t22-,24-. The first-order valence-corrected chi connectivity index (χ1v) is 13.0. The van der Waals surface area contributed by atoms with E-state index in [1.807, 2.05) is 0 Å². The number of pyridine rings is 1. The van der Waals surface area contributed by atoms with Gasteiger partial charge in [0.15, 0.2) is 5.65 Å². The van der Waals surface area contributed by atoms with Gasteiger partial charge in [0.2, 0.25) is 0 Å². The number of aromatic nitrogens is 3. The van der Waals surface area contributed by atoms with E-state index in [0.29, 0.717) is 6.04 Å². The molecule has 1 saturated carbocycles. The molecular weight excluding hydrogens is 406 g/mol. The summed E-state index contributed by atoms with van der Waals surface area (Å²) in [6.45, 7) is 11.2. The first-order valence-electron chi connectivity index (χ1n) is 13.0. The highest BCUT2D eigenvalue weighted by atomic mass is 15.1. The van der Waals surface area contributed by atoms with Gasteiger partial charge in [-0.1, -0.05) is 19.1 Å². The van der Waals surface area contributed by atoms with E-state index in [4.69, 9.17) is 9.97 Å². The maximum Gasteiger partial charge on any atom is 0.160 e. The van der Waals surface area contributed by atoms with Crippen LogP contribution in [-0.2, 0) is 13.0 Å². The molecule has 1 N–H and O–H groups in total. The maximum atomic E-state index is 4.89. The first kappa shape index (κ1) is 22.4. The number of anilines is 1. The molecule has 5 nitrogen and oxygen atoms in total. The number of fused-ring (bicyclic) bond motifs is 1. The van der Waals surface area contributed by atoms with Crippen molar-refractivity contribution in [1.29, 1.82) is 0 Å². The number of aryl methyl sites for hydroxylation is 3. The van der Waals surface area contributed by atoms with E-state index in [2.05, 4.69) is 65.9 Å². The van der Waals surface area contributed by atoms with Gasteiger partial charge in [-0.3, -0.25) is 0 Å². The van der Waals surface area contributed by atoms with Crippen LogP contribution in [0.4, 0.5) is 5.69 Å². The van der Waals surface area contributed by atoms with Gasteiger partial charge >= 0.3 is 0 Å². The topological polar surface area (TPSA) is 46.0 Å². The van der Waals surface area contributed by atoms with Gasteiger partial charge in [-0.2, -0.15) is 0 Å². The van der Waals surface area contributed by atoms with Crippen molar-refractivity contribution < 1.29 is 0 Å². The van der Waals surface area contributed by atoms with Crippen LogP contribution in [0.2, 0.25) is 0 Å². The number of nitrogens with one attached hydrogen (secondary N) is 1. The Hall–Kier alpha value is -2.40. The van der Waals surface area contributed by atoms with E-state index in [9.17, 15) is 0 Å². The molecule has 2 aliphatic rings. The van der Waals surface area contributed by atoms with E-state index < -0.39 is 0 Å². The summed E-state index contributed by atoms with van der Waals surface area (Å²) in [4.78, 5) is 12.4. The van der Waals surface area contributed by atoms with Gasteiger partial charge in [0.25, 0.3) is 0 Å². The molecular formula is C28H39N5. The summed E-state index contributed by atoms with van der Waals surface area (Å²) in [6, 6.07) is 11.8. The molecule has 0 atom stereocenters. The normalized spacial score (nSPS) is 21.7. The lowest BCUT2D eigenvalue weighted by Gasteiger charge is -2.32. The minimum Gasteiger partial charge on any atom is -0.382 e. The molecule has 33 heavy (non-hydrogen) atoms. The fourth-order valence-electron chi connectivity index (χ4n) is 5.83. The lowest BCUT2D eigenvalue weighted by atomic mass is 9.85. The van der Waals surface area contributed by atoms with Crippen LogP contribution >= 0.6 is 0 Å². The Bertz CT molecular complexity index is 1070. The van der Waals surface area contributed by atoms with Gasteiger partial charge in [0.1, 0.15) is 11.3 Å². The molecule has 1 aliphatic carbocycles. The van der Waals surface area contributed by atoms with Crippen LogP contribution in [0.25, 0.3) is 11.2 Å². The molecule has 1 saturated heterocycles. The molecule has 5 rings (SSSR count). The highest BCUT2D eigenvalue weighted by Crippen LogP contribution is 2.28. The van der Waals surface area contributed by atoms with Crippen LogP contribution < -0.4 is 5.32 Å². The Kier molecular flexibility index (Phi) is 6.68. The molecule has 0 radical (unpaired) electrons. The molecule has 3 heterocycles. The minimum atomic E-state index is 0.616. The van der Waals surface area contributed by atoms with E-state index >= 15 is 0 Å². The molecule has 0 amide bonds. The number of hydrogen-bond acceptors (Lipinski definition) is 4. The molecule has 1 aromatic carbocycles. The van der Waals surface area contributed by atoms with Crippen LogP contribution in [0.3, 0.4) is 0 Å². The summed E-state index contributed by atoms with van der Waals surface area (Å²) in [5.74, 6) is 2.02. The van der Waals surface area contributed by atoms with E-state index in [0.717, 1.165) is 41.6 Å². The molecule has 0 unspecified atom stereocenters. The average molecular weight is 446 g/mol. The van der Waals surface area contributed by atoms with Crippen molar-refractivity contribution in [3.8, 4) is 0 Å². The predicted octanol–water partition coefficient (Wildman–Crippen LogP) is 5.73. The molecule has 3 aromatic rings. The predicted molar refractivity (Wildman–Crippen MR) is 137 cm³/mol. The molecule has 0 bridgehead atoms. The van der Waals surface area contributed by atoms with Crippen LogP contribution in [0.15, 0.2) is 30.3 Å². The van der Waals surface area contributed by atoms with Crippen molar-refractivity contribution in [1.82, 2.24) is 19.4 Å². The van der Waals surface area contributed by atoms with Crippen molar-refractivity contribution in [2.75, 3.05) is 25.0 Å². The maximum absolute atomic E-state index is 4.89. The number of benzene rings is 1. The zero-order valence-electron chi connectivity index (χ0n) is 20.6. The van der Waals surface area contributed by atoms with E-state index in [1.54, 1.807) is 0 Å². The van der Waals surface area contributed by atoms with Crippen LogP contribution in [0.1, 0.15) is 68.1 Å². The Morgan fingerprint density at radius 2 is 1.70 bits per heavy atom. The monoisotopic (exact) mass is 445 g/mol. The second kappa shape index (κ2) is 9.84. The largest absolute Gasteiger partial charge is 0.382 e. The van der Waals surface area contributed by atoms with E-state index in [1.165, 1.54) is 75.0 Å². The Balaban J connectivity index is 1.20. The zero-order valence-corrected chi connectivity index (χ0v) is 20.6. The molecule has 176 valence electrons. The van der Waals surface area contributed by atoms with Crippen molar-refractivity contribution in [3.63, 3.8) is 0 Å². The van der Waals surface area contributed by atoms with Crippen LogP contribution in [0.5, 0.6) is 0 Å². The van der Waals surface area contributed by atoms with Gasteiger partial charge in [-0.15, -0.1) is 0 Å². The summed E-state index contributed by atoms with van der Waals surface area (Å²) < 4.78 is 2.29.